The molecule has 0 saturated heterocycles. The molecule has 0 aliphatic rings. The number of para-hydroxylation sites is 1. The number of phenols is 2. The number of aromatic nitrogens is 3. The molecule has 1 heterocycles. The normalized spacial score (nSPS) is 10.5. The van der Waals surface area contributed by atoms with Crippen molar-refractivity contribution in [3.63, 3.8) is 0 Å². The molecule has 0 spiro atoms. The Bertz CT molecular complexity index is 1340. The highest BCUT2D eigenvalue weighted by Crippen LogP contribution is 2.33. The first-order valence-corrected chi connectivity index (χ1v) is 9.77. The van der Waals surface area contributed by atoms with Gasteiger partial charge in [-0.15, -0.1) is 0 Å². The van der Waals surface area contributed by atoms with Crippen LogP contribution in [0, 0.1) is 0 Å². The van der Waals surface area contributed by atoms with E-state index in [1.807, 2.05) is 0 Å². The van der Waals surface area contributed by atoms with E-state index < -0.39 is 5.97 Å². The lowest BCUT2D eigenvalue weighted by Gasteiger charge is -2.11. The lowest BCUT2D eigenvalue weighted by atomic mass is 10.1. The SMILES string of the molecule is COC(=O)c1ccc(-c2nc(-c3ccccc3O)nc(-c3ccc(NC=O)cc3O)n2)cc1. The highest BCUT2D eigenvalue weighted by Gasteiger charge is 2.17. The summed E-state index contributed by atoms with van der Waals surface area (Å²) >= 11 is 0. The van der Waals surface area contributed by atoms with Crippen molar-refractivity contribution in [3.05, 3.63) is 72.3 Å². The molecule has 0 unspecified atom stereocenters. The number of nitrogens with one attached hydrogen (secondary N) is 1. The van der Waals surface area contributed by atoms with Crippen LogP contribution in [-0.4, -0.2) is 44.7 Å². The first-order valence-electron chi connectivity index (χ1n) is 9.77. The third kappa shape index (κ3) is 4.47. The molecule has 3 N–H and O–H groups in total. The number of nitrogens with zero attached hydrogens (tertiary/aromatic N) is 3. The Labute approximate surface area is 188 Å². The van der Waals surface area contributed by atoms with E-state index in [4.69, 9.17) is 4.74 Å². The molecule has 9 heteroatoms. The molecule has 4 aromatic rings. The second kappa shape index (κ2) is 9.15. The summed E-state index contributed by atoms with van der Waals surface area (Å²) in [6.07, 6.45) is 0.504. The topological polar surface area (TPSA) is 135 Å². The van der Waals surface area contributed by atoms with E-state index in [0.717, 1.165) is 0 Å². The maximum atomic E-state index is 11.7. The monoisotopic (exact) mass is 442 g/mol. The second-order valence-corrected chi connectivity index (χ2v) is 6.89. The third-order valence-corrected chi connectivity index (χ3v) is 4.81. The van der Waals surface area contributed by atoms with Crippen LogP contribution in [0.5, 0.6) is 11.5 Å². The number of esters is 1. The number of aromatic hydroxyl groups is 2. The van der Waals surface area contributed by atoms with Gasteiger partial charge in [-0.1, -0.05) is 24.3 Å². The molecular formula is C24H18N4O5. The van der Waals surface area contributed by atoms with Gasteiger partial charge in [-0.2, -0.15) is 0 Å². The number of ether oxygens (including phenoxy) is 1. The van der Waals surface area contributed by atoms with Gasteiger partial charge in [0.25, 0.3) is 0 Å². The number of carbonyl (C=O) groups excluding carboxylic acids is 2. The summed E-state index contributed by atoms with van der Waals surface area (Å²) in [6, 6.07) is 17.6. The van der Waals surface area contributed by atoms with Gasteiger partial charge in [0.1, 0.15) is 11.5 Å². The quantitative estimate of drug-likeness (QED) is 0.304. The van der Waals surface area contributed by atoms with E-state index in [0.29, 0.717) is 34.4 Å². The summed E-state index contributed by atoms with van der Waals surface area (Å²) in [4.78, 5) is 35.9. The molecule has 33 heavy (non-hydrogen) atoms. The minimum absolute atomic E-state index is 0.0172. The van der Waals surface area contributed by atoms with E-state index in [9.17, 15) is 19.8 Å². The predicted octanol–water partition coefficient (Wildman–Crippen LogP) is 3.64. The lowest BCUT2D eigenvalue weighted by Crippen LogP contribution is -2.02. The minimum atomic E-state index is -0.471. The van der Waals surface area contributed by atoms with Crippen LogP contribution < -0.4 is 5.32 Å². The highest BCUT2D eigenvalue weighted by atomic mass is 16.5. The number of rotatable bonds is 6. The van der Waals surface area contributed by atoms with Crippen molar-refractivity contribution in [2.75, 3.05) is 12.4 Å². The summed E-state index contributed by atoms with van der Waals surface area (Å²) in [7, 11) is 1.30. The fourth-order valence-electron chi connectivity index (χ4n) is 3.16. The van der Waals surface area contributed by atoms with E-state index in [1.54, 1.807) is 54.6 Å². The van der Waals surface area contributed by atoms with Gasteiger partial charge in [0.2, 0.25) is 6.41 Å². The van der Waals surface area contributed by atoms with Crippen LogP contribution in [-0.2, 0) is 9.53 Å². The zero-order valence-electron chi connectivity index (χ0n) is 17.4. The fourth-order valence-corrected chi connectivity index (χ4v) is 3.16. The number of hydrogen-bond acceptors (Lipinski definition) is 8. The van der Waals surface area contributed by atoms with Gasteiger partial charge in [-0.25, -0.2) is 19.7 Å². The van der Waals surface area contributed by atoms with Crippen molar-refractivity contribution in [3.8, 4) is 45.7 Å². The van der Waals surface area contributed by atoms with Crippen molar-refractivity contribution in [1.29, 1.82) is 0 Å². The summed E-state index contributed by atoms with van der Waals surface area (Å²) in [5.74, 6) is -0.0179. The van der Waals surface area contributed by atoms with Crippen LogP contribution in [0.2, 0.25) is 0 Å². The molecule has 1 aromatic heterocycles. The van der Waals surface area contributed by atoms with Crippen molar-refractivity contribution in [1.82, 2.24) is 15.0 Å². The first kappa shape index (κ1) is 21.4. The molecule has 1 amide bonds. The summed E-state index contributed by atoms with van der Waals surface area (Å²) in [6.45, 7) is 0. The largest absolute Gasteiger partial charge is 0.507 e. The average Bonchev–Trinajstić information content (AvgIpc) is 2.84. The van der Waals surface area contributed by atoms with Gasteiger partial charge in [0.05, 0.1) is 23.8 Å². The van der Waals surface area contributed by atoms with E-state index in [2.05, 4.69) is 20.3 Å². The van der Waals surface area contributed by atoms with Crippen LogP contribution >= 0.6 is 0 Å². The number of methoxy groups -OCH3 is 1. The highest BCUT2D eigenvalue weighted by molar-refractivity contribution is 5.89. The molecule has 3 aromatic carbocycles. The Morgan fingerprint density at radius 2 is 1.48 bits per heavy atom. The standard InChI is InChI=1S/C24H18N4O5/c1-33-24(32)15-8-6-14(7-9-15)21-26-22(17-4-2-3-5-19(17)30)28-23(27-21)18-11-10-16(25-13-29)12-20(18)31/h2-13,30-31H,1H3,(H,25,29). The average molecular weight is 442 g/mol. The molecule has 164 valence electrons. The number of hydrogen-bond donors (Lipinski definition) is 3. The van der Waals surface area contributed by atoms with Gasteiger partial charge in [-0.3, -0.25) is 4.79 Å². The Kier molecular flexibility index (Phi) is 5.94. The van der Waals surface area contributed by atoms with Crippen molar-refractivity contribution in [2.24, 2.45) is 0 Å². The minimum Gasteiger partial charge on any atom is -0.507 e. The Morgan fingerprint density at radius 1 is 0.848 bits per heavy atom. The maximum absolute atomic E-state index is 11.7. The van der Waals surface area contributed by atoms with E-state index in [-0.39, 0.29) is 29.0 Å². The first-order chi connectivity index (χ1) is 16.0. The van der Waals surface area contributed by atoms with Crippen LogP contribution in [0.15, 0.2) is 66.7 Å². The van der Waals surface area contributed by atoms with Gasteiger partial charge in [0.15, 0.2) is 17.5 Å². The molecule has 0 atom stereocenters. The summed E-state index contributed by atoms with van der Waals surface area (Å²) < 4.78 is 4.73. The Hall–Kier alpha value is -4.79. The predicted molar refractivity (Wildman–Crippen MR) is 120 cm³/mol. The second-order valence-electron chi connectivity index (χ2n) is 6.89. The maximum Gasteiger partial charge on any atom is 0.337 e. The van der Waals surface area contributed by atoms with Crippen molar-refractivity contribution < 1.29 is 24.5 Å². The fraction of sp³-hybridized carbons (Fsp3) is 0.0417. The van der Waals surface area contributed by atoms with Crippen molar-refractivity contribution in [2.45, 2.75) is 0 Å². The number of phenolic OH excluding ortho intramolecular Hbond substituents is 2. The zero-order chi connectivity index (χ0) is 23.4. The van der Waals surface area contributed by atoms with Gasteiger partial charge in [0, 0.05) is 17.3 Å². The molecule has 0 aliphatic carbocycles. The molecule has 0 radical (unpaired) electrons. The van der Waals surface area contributed by atoms with Gasteiger partial charge >= 0.3 is 5.97 Å². The third-order valence-electron chi connectivity index (χ3n) is 4.81. The number of amides is 1. The zero-order valence-corrected chi connectivity index (χ0v) is 17.4. The van der Waals surface area contributed by atoms with Crippen molar-refractivity contribution >= 4 is 18.1 Å². The Morgan fingerprint density at radius 3 is 2.09 bits per heavy atom. The summed E-state index contributed by atoms with van der Waals surface area (Å²) in [5.41, 5.74) is 2.04. The number of benzene rings is 3. The summed E-state index contributed by atoms with van der Waals surface area (Å²) in [5, 5.41) is 23.3. The van der Waals surface area contributed by atoms with Crippen LogP contribution in [0.3, 0.4) is 0 Å². The number of anilines is 1. The van der Waals surface area contributed by atoms with Crippen LogP contribution in [0.1, 0.15) is 10.4 Å². The van der Waals surface area contributed by atoms with E-state index in [1.165, 1.54) is 19.2 Å². The van der Waals surface area contributed by atoms with Gasteiger partial charge in [-0.05, 0) is 36.4 Å². The molecule has 4 rings (SSSR count). The molecule has 0 saturated carbocycles. The van der Waals surface area contributed by atoms with Gasteiger partial charge < -0.3 is 20.3 Å². The molecule has 0 fully saturated rings. The Balaban J connectivity index is 1.87. The smallest absolute Gasteiger partial charge is 0.337 e. The molecular weight excluding hydrogens is 424 g/mol. The van der Waals surface area contributed by atoms with E-state index >= 15 is 0 Å². The van der Waals surface area contributed by atoms with Crippen LogP contribution in [0.4, 0.5) is 5.69 Å². The van der Waals surface area contributed by atoms with Crippen LogP contribution in [0.25, 0.3) is 34.2 Å². The molecule has 0 aliphatic heterocycles. The number of carbonyl (C=O) groups is 2. The molecule has 0 bridgehead atoms. The lowest BCUT2D eigenvalue weighted by molar-refractivity contribution is -0.105. The molecule has 9 nitrogen and oxygen atoms in total.